The molecule has 0 aliphatic carbocycles. The van der Waals surface area contributed by atoms with Gasteiger partial charge in [-0.05, 0) is 19.3 Å². The van der Waals surface area contributed by atoms with E-state index in [-0.39, 0.29) is 12.6 Å². The van der Waals surface area contributed by atoms with Gasteiger partial charge in [-0.15, -0.1) is 0 Å². The monoisotopic (exact) mass is 296 g/mol. The minimum atomic E-state index is -1.12. The van der Waals surface area contributed by atoms with Crippen LogP contribution in [0.5, 0.6) is 0 Å². The highest BCUT2D eigenvalue weighted by molar-refractivity contribution is 5.73. The van der Waals surface area contributed by atoms with E-state index in [1.54, 1.807) is 31.0 Å². The summed E-state index contributed by atoms with van der Waals surface area (Å²) in [5, 5.41) is 19.8. The number of amides is 2. The molecule has 1 unspecified atom stereocenters. The van der Waals surface area contributed by atoms with Gasteiger partial charge in [-0.25, -0.2) is 4.79 Å². The molecular weight excluding hydrogens is 268 g/mol. The molecule has 1 heterocycles. The van der Waals surface area contributed by atoms with E-state index in [0.29, 0.717) is 18.0 Å². The van der Waals surface area contributed by atoms with Crippen LogP contribution in [-0.2, 0) is 12.6 Å². The van der Waals surface area contributed by atoms with Crippen LogP contribution < -0.4 is 10.6 Å². The lowest BCUT2D eigenvalue weighted by Gasteiger charge is -2.22. The van der Waals surface area contributed by atoms with Crippen LogP contribution in [0.25, 0.3) is 0 Å². The van der Waals surface area contributed by atoms with Gasteiger partial charge >= 0.3 is 6.03 Å². The highest BCUT2D eigenvalue weighted by Gasteiger charge is 2.25. The second-order valence-corrected chi connectivity index (χ2v) is 6.18. The number of nitrogens with zero attached hydrogens (tertiary/aromatic N) is 2. The predicted molar refractivity (Wildman–Crippen MR) is 82.9 cm³/mol. The molecule has 6 heteroatoms. The molecule has 120 valence electrons. The van der Waals surface area contributed by atoms with Crippen molar-refractivity contribution in [2.45, 2.75) is 45.6 Å². The zero-order chi connectivity index (χ0) is 15.9. The maximum atomic E-state index is 11.7. The molecule has 0 fully saturated rings. The number of aromatic nitrogens is 2. The molecule has 0 saturated heterocycles. The van der Waals surface area contributed by atoms with Crippen molar-refractivity contribution >= 4 is 6.03 Å². The molecule has 1 atom stereocenters. The van der Waals surface area contributed by atoms with Gasteiger partial charge in [0.15, 0.2) is 0 Å². The van der Waals surface area contributed by atoms with Gasteiger partial charge in [-0.2, -0.15) is 5.10 Å². The van der Waals surface area contributed by atoms with E-state index in [1.165, 1.54) is 6.42 Å². The Labute approximate surface area is 126 Å². The first kappa shape index (κ1) is 17.5. The second-order valence-electron chi connectivity index (χ2n) is 6.18. The van der Waals surface area contributed by atoms with E-state index in [4.69, 9.17) is 0 Å². The molecule has 0 aromatic carbocycles. The highest BCUT2D eigenvalue weighted by atomic mass is 16.3. The second kappa shape index (κ2) is 8.02. The molecule has 2 amide bonds. The topological polar surface area (TPSA) is 79.2 Å². The van der Waals surface area contributed by atoms with Crippen molar-refractivity contribution in [3.05, 3.63) is 18.0 Å². The van der Waals surface area contributed by atoms with E-state index in [0.717, 1.165) is 12.8 Å². The third-order valence-electron chi connectivity index (χ3n) is 3.41. The quantitative estimate of drug-likeness (QED) is 0.639. The van der Waals surface area contributed by atoms with Crippen LogP contribution in [0.4, 0.5) is 4.79 Å². The number of hydrogen-bond acceptors (Lipinski definition) is 3. The summed E-state index contributed by atoms with van der Waals surface area (Å²) in [6, 6.07) is -0.247. The van der Waals surface area contributed by atoms with Gasteiger partial charge in [0.1, 0.15) is 5.60 Å². The summed E-state index contributed by atoms with van der Waals surface area (Å²) in [4.78, 5) is 11.7. The van der Waals surface area contributed by atoms with Gasteiger partial charge in [0.2, 0.25) is 0 Å². The van der Waals surface area contributed by atoms with Gasteiger partial charge in [0, 0.05) is 25.4 Å². The van der Waals surface area contributed by atoms with Crippen molar-refractivity contribution in [3.8, 4) is 0 Å². The number of nitrogens with one attached hydrogen (secondary N) is 2. The van der Waals surface area contributed by atoms with Crippen LogP contribution >= 0.6 is 0 Å². The number of unbranched alkanes of at least 4 members (excludes halogenated alkanes) is 1. The van der Waals surface area contributed by atoms with Gasteiger partial charge < -0.3 is 15.7 Å². The zero-order valence-corrected chi connectivity index (χ0v) is 13.5. The van der Waals surface area contributed by atoms with Crippen LogP contribution in [0.15, 0.2) is 12.4 Å². The van der Waals surface area contributed by atoms with Gasteiger partial charge in [-0.1, -0.05) is 26.7 Å². The van der Waals surface area contributed by atoms with Gasteiger partial charge in [-0.3, -0.25) is 4.68 Å². The molecule has 0 bridgehead atoms. The number of carbonyl (C=O) groups is 1. The lowest BCUT2D eigenvalue weighted by molar-refractivity contribution is 0.0593. The number of aryl methyl sites for hydroxylation is 1. The number of aliphatic hydroxyl groups is 1. The van der Waals surface area contributed by atoms with Crippen molar-refractivity contribution in [1.82, 2.24) is 20.4 Å². The van der Waals surface area contributed by atoms with Crippen molar-refractivity contribution in [3.63, 3.8) is 0 Å². The lowest BCUT2D eigenvalue weighted by atomic mass is 10.00. The van der Waals surface area contributed by atoms with Crippen LogP contribution in [0.3, 0.4) is 0 Å². The molecular formula is C15H28N4O2. The fourth-order valence-electron chi connectivity index (χ4n) is 2.00. The summed E-state index contributed by atoms with van der Waals surface area (Å²) in [6.07, 6.45) is 6.62. The maximum absolute atomic E-state index is 11.7. The Kier molecular flexibility index (Phi) is 6.68. The highest BCUT2D eigenvalue weighted by Crippen LogP contribution is 2.18. The summed E-state index contributed by atoms with van der Waals surface area (Å²) in [6.45, 7) is 6.86. The molecule has 1 aromatic rings. The first-order valence-corrected chi connectivity index (χ1v) is 7.54. The summed E-state index contributed by atoms with van der Waals surface area (Å²) >= 11 is 0. The van der Waals surface area contributed by atoms with Crippen LogP contribution in [0, 0.1) is 5.92 Å². The average Bonchev–Trinajstić information content (AvgIpc) is 2.83. The standard InChI is InChI=1S/C15H28N4O2/c1-12(2)7-5-6-8-16-14(20)17-11-15(3,21)13-9-18-19(4)10-13/h9-10,12,21H,5-8,11H2,1-4H3,(H2,16,17,20). The molecule has 0 aliphatic rings. The van der Waals surface area contributed by atoms with Crippen molar-refractivity contribution in [2.75, 3.05) is 13.1 Å². The third-order valence-corrected chi connectivity index (χ3v) is 3.41. The van der Waals surface area contributed by atoms with Crippen molar-refractivity contribution in [2.24, 2.45) is 13.0 Å². The molecule has 0 aliphatic heterocycles. The average molecular weight is 296 g/mol. The first-order chi connectivity index (χ1) is 9.81. The predicted octanol–water partition coefficient (Wildman–Crippen LogP) is 1.75. The molecule has 0 spiro atoms. The SMILES string of the molecule is CC(C)CCCCNC(=O)NCC(C)(O)c1cnn(C)c1. The summed E-state index contributed by atoms with van der Waals surface area (Å²) in [5.74, 6) is 0.702. The Balaban J connectivity index is 2.23. The first-order valence-electron chi connectivity index (χ1n) is 7.54. The van der Waals surface area contributed by atoms with Gasteiger partial charge in [0.25, 0.3) is 0 Å². The summed E-state index contributed by atoms with van der Waals surface area (Å²) in [5.41, 5.74) is -0.439. The van der Waals surface area contributed by atoms with E-state index in [1.807, 2.05) is 0 Å². The van der Waals surface area contributed by atoms with Crippen LogP contribution in [-0.4, -0.2) is 34.0 Å². The molecule has 0 radical (unpaired) electrons. The number of rotatable bonds is 8. The Hall–Kier alpha value is -1.56. The largest absolute Gasteiger partial charge is 0.383 e. The van der Waals surface area contributed by atoms with Crippen molar-refractivity contribution < 1.29 is 9.90 Å². The molecule has 1 aromatic heterocycles. The number of hydrogen-bond donors (Lipinski definition) is 3. The summed E-state index contributed by atoms with van der Waals surface area (Å²) < 4.78 is 1.62. The minimum absolute atomic E-state index is 0.149. The van der Waals surface area contributed by atoms with Crippen molar-refractivity contribution in [1.29, 1.82) is 0 Å². The Bertz CT molecular complexity index is 441. The lowest BCUT2D eigenvalue weighted by Crippen LogP contribution is -2.43. The summed E-state index contributed by atoms with van der Waals surface area (Å²) in [7, 11) is 1.79. The van der Waals surface area contributed by atoms with Crippen LogP contribution in [0.1, 0.15) is 45.6 Å². The minimum Gasteiger partial charge on any atom is -0.383 e. The van der Waals surface area contributed by atoms with E-state index >= 15 is 0 Å². The smallest absolute Gasteiger partial charge is 0.314 e. The van der Waals surface area contributed by atoms with E-state index < -0.39 is 5.60 Å². The molecule has 1 rings (SSSR count). The third kappa shape index (κ3) is 6.62. The molecule has 21 heavy (non-hydrogen) atoms. The molecule has 6 nitrogen and oxygen atoms in total. The molecule has 0 saturated carbocycles. The number of carbonyl (C=O) groups excluding carboxylic acids is 1. The fraction of sp³-hybridized carbons (Fsp3) is 0.733. The van der Waals surface area contributed by atoms with E-state index in [9.17, 15) is 9.90 Å². The van der Waals surface area contributed by atoms with Gasteiger partial charge in [0.05, 0.1) is 12.7 Å². The number of urea groups is 1. The zero-order valence-electron chi connectivity index (χ0n) is 13.5. The normalized spacial score (nSPS) is 14.0. The fourth-order valence-corrected chi connectivity index (χ4v) is 2.00. The Morgan fingerprint density at radius 2 is 2.14 bits per heavy atom. The maximum Gasteiger partial charge on any atom is 0.314 e. The molecule has 3 N–H and O–H groups in total. The Morgan fingerprint density at radius 1 is 1.43 bits per heavy atom. The van der Waals surface area contributed by atoms with Crippen LogP contribution in [0.2, 0.25) is 0 Å². The van der Waals surface area contributed by atoms with E-state index in [2.05, 4.69) is 29.6 Å². The Morgan fingerprint density at radius 3 is 2.71 bits per heavy atom.